The van der Waals surface area contributed by atoms with E-state index >= 15 is 0 Å². The van der Waals surface area contributed by atoms with Crippen molar-refractivity contribution in [2.75, 3.05) is 13.1 Å². The minimum Gasteiger partial charge on any atom is -0.338 e. The van der Waals surface area contributed by atoms with E-state index in [-0.39, 0.29) is 29.1 Å². The van der Waals surface area contributed by atoms with Gasteiger partial charge >= 0.3 is 0 Å². The van der Waals surface area contributed by atoms with Gasteiger partial charge in [0.15, 0.2) is 0 Å². The molecule has 1 saturated heterocycles. The van der Waals surface area contributed by atoms with Gasteiger partial charge in [-0.15, -0.1) is 0 Å². The highest BCUT2D eigenvalue weighted by atomic mass is 19.1. The van der Waals surface area contributed by atoms with E-state index in [1.54, 1.807) is 23.2 Å². The number of Topliss-reactive ketones (excluding diaryl/α,β-unsaturated/α-hetero) is 1. The van der Waals surface area contributed by atoms with Gasteiger partial charge in [0.1, 0.15) is 11.6 Å². The molecule has 2 atom stereocenters. The average Bonchev–Trinajstić information content (AvgIpc) is 3.27. The highest BCUT2D eigenvalue weighted by Gasteiger charge is 2.42. The van der Waals surface area contributed by atoms with Gasteiger partial charge in [0.25, 0.3) is 5.91 Å². The molecule has 0 radical (unpaired) electrons. The smallest absolute Gasteiger partial charge is 0.256 e. The topological polar surface area (TPSA) is 63.2 Å². The summed E-state index contributed by atoms with van der Waals surface area (Å²) in [5.41, 5.74) is 1.69. The number of ketones is 1. The van der Waals surface area contributed by atoms with Gasteiger partial charge in [-0.25, -0.2) is 4.39 Å². The fraction of sp³-hybridized carbons (Fsp3) is 0.304. The van der Waals surface area contributed by atoms with Crippen molar-refractivity contribution in [1.29, 1.82) is 0 Å². The summed E-state index contributed by atoms with van der Waals surface area (Å²) in [6.45, 7) is 1.07. The number of carbonyl (C=O) groups excluding carboxylic acids is 2. The summed E-state index contributed by atoms with van der Waals surface area (Å²) >= 11 is 0. The molecule has 146 valence electrons. The molecule has 3 aromatic rings. The Morgan fingerprint density at radius 3 is 2.66 bits per heavy atom. The van der Waals surface area contributed by atoms with Crippen LogP contribution in [0, 0.1) is 17.7 Å². The van der Waals surface area contributed by atoms with Gasteiger partial charge in [0, 0.05) is 43.1 Å². The summed E-state index contributed by atoms with van der Waals surface area (Å²) in [5, 5.41) is 10.3. The quantitative estimate of drug-likeness (QED) is 0.689. The second-order valence-corrected chi connectivity index (χ2v) is 8.05. The fourth-order valence-electron chi connectivity index (χ4n) is 4.66. The van der Waals surface area contributed by atoms with E-state index in [0.717, 1.165) is 22.0 Å². The molecule has 1 saturated carbocycles. The maximum absolute atomic E-state index is 14.5. The molecule has 2 heterocycles. The summed E-state index contributed by atoms with van der Waals surface area (Å²) in [6.07, 6.45) is 3.26. The van der Waals surface area contributed by atoms with E-state index in [1.807, 2.05) is 24.3 Å². The molecule has 0 spiro atoms. The third kappa shape index (κ3) is 3.28. The number of hydrogen-bond acceptors (Lipinski definition) is 4. The number of aromatic nitrogens is 2. The van der Waals surface area contributed by atoms with Crippen molar-refractivity contribution in [3.63, 3.8) is 0 Å². The molecule has 0 N–H and O–H groups in total. The zero-order valence-electron chi connectivity index (χ0n) is 15.8. The second kappa shape index (κ2) is 7.03. The van der Waals surface area contributed by atoms with Gasteiger partial charge < -0.3 is 4.90 Å². The number of rotatable bonds is 3. The van der Waals surface area contributed by atoms with Crippen LogP contribution in [-0.2, 0) is 11.2 Å². The summed E-state index contributed by atoms with van der Waals surface area (Å²) in [4.78, 5) is 26.3. The summed E-state index contributed by atoms with van der Waals surface area (Å²) in [7, 11) is 0. The van der Waals surface area contributed by atoms with Crippen molar-refractivity contribution in [1.82, 2.24) is 15.1 Å². The lowest BCUT2D eigenvalue weighted by Crippen LogP contribution is -2.30. The first-order valence-corrected chi connectivity index (χ1v) is 9.87. The molecule has 1 aromatic heterocycles. The zero-order valence-corrected chi connectivity index (χ0v) is 15.8. The van der Waals surface area contributed by atoms with Crippen LogP contribution < -0.4 is 0 Å². The Morgan fingerprint density at radius 2 is 1.86 bits per heavy atom. The molecule has 29 heavy (non-hydrogen) atoms. The summed E-state index contributed by atoms with van der Waals surface area (Å²) < 4.78 is 14.5. The molecule has 1 aliphatic heterocycles. The number of fused-ring (bicyclic) bond motifs is 2. The molecular weight excluding hydrogens is 369 g/mol. The van der Waals surface area contributed by atoms with E-state index in [2.05, 4.69) is 10.2 Å². The lowest BCUT2D eigenvalue weighted by atomic mass is 10.0. The molecule has 5 nitrogen and oxygen atoms in total. The minimum atomic E-state index is -0.518. The molecule has 0 unspecified atom stereocenters. The number of likely N-dealkylation sites (tertiary alicyclic amines) is 1. The van der Waals surface area contributed by atoms with Gasteiger partial charge in [-0.05, 0) is 29.5 Å². The van der Waals surface area contributed by atoms with Gasteiger partial charge in [-0.3, -0.25) is 9.59 Å². The highest BCUT2D eigenvalue weighted by Crippen LogP contribution is 2.36. The largest absolute Gasteiger partial charge is 0.338 e. The van der Waals surface area contributed by atoms with Crippen LogP contribution in [0.2, 0.25) is 0 Å². The predicted molar refractivity (Wildman–Crippen MR) is 106 cm³/mol. The molecule has 2 aliphatic rings. The van der Waals surface area contributed by atoms with E-state index in [0.29, 0.717) is 32.4 Å². The van der Waals surface area contributed by atoms with E-state index in [1.165, 1.54) is 6.07 Å². The van der Waals surface area contributed by atoms with Gasteiger partial charge in [-0.2, -0.15) is 10.2 Å². The number of benzene rings is 2. The Balaban J connectivity index is 1.40. The van der Waals surface area contributed by atoms with Crippen molar-refractivity contribution in [2.24, 2.45) is 11.8 Å². The van der Waals surface area contributed by atoms with Crippen LogP contribution in [0.3, 0.4) is 0 Å². The first kappa shape index (κ1) is 17.9. The molecule has 5 rings (SSSR count). The Labute approximate surface area is 167 Å². The molecule has 1 aliphatic carbocycles. The maximum atomic E-state index is 14.5. The standard InChI is InChI=1S/C23H20FN3O2/c24-21-6-5-14(8-22-19-4-2-1-3-15(19)11-25-26-22)7-20(21)23(29)27-12-16-9-18(28)10-17(16)13-27/h1-7,11,16-17H,8-10,12-13H2/t16-,17+. The van der Waals surface area contributed by atoms with E-state index in [4.69, 9.17) is 0 Å². The van der Waals surface area contributed by atoms with Crippen LogP contribution in [-0.4, -0.2) is 39.9 Å². The summed E-state index contributed by atoms with van der Waals surface area (Å²) in [5.74, 6) is -0.0881. The number of amides is 1. The van der Waals surface area contributed by atoms with Crippen LogP contribution in [0.1, 0.15) is 34.5 Å². The van der Waals surface area contributed by atoms with Gasteiger partial charge in [0.2, 0.25) is 0 Å². The second-order valence-electron chi connectivity index (χ2n) is 8.05. The van der Waals surface area contributed by atoms with Crippen LogP contribution in [0.15, 0.2) is 48.7 Å². The minimum absolute atomic E-state index is 0.0852. The van der Waals surface area contributed by atoms with Crippen molar-refractivity contribution in [3.05, 3.63) is 71.3 Å². The van der Waals surface area contributed by atoms with Gasteiger partial charge in [-0.1, -0.05) is 30.3 Å². The third-order valence-corrected chi connectivity index (χ3v) is 6.12. The van der Waals surface area contributed by atoms with Crippen LogP contribution >= 0.6 is 0 Å². The average molecular weight is 389 g/mol. The summed E-state index contributed by atoms with van der Waals surface area (Å²) in [6, 6.07) is 12.5. The maximum Gasteiger partial charge on any atom is 0.256 e. The van der Waals surface area contributed by atoms with Crippen molar-refractivity contribution >= 4 is 22.5 Å². The van der Waals surface area contributed by atoms with E-state index < -0.39 is 5.82 Å². The molecule has 1 amide bonds. The highest BCUT2D eigenvalue weighted by molar-refractivity contribution is 5.95. The zero-order chi connectivity index (χ0) is 20.0. The monoisotopic (exact) mass is 389 g/mol. The Kier molecular flexibility index (Phi) is 4.34. The van der Waals surface area contributed by atoms with Crippen molar-refractivity contribution < 1.29 is 14.0 Å². The predicted octanol–water partition coefficient (Wildman–Crippen LogP) is 3.41. The number of hydrogen-bond donors (Lipinski definition) is 0. The van der Waals surface area contributed by atoms with Crippen molar-refractivity contribution in [2.45, 2.75) is 19.3 Å². The van der Waals surface area contributed by atoms with Gasteiger partial charge in [0.05, 0.1) is 17.5 Å². The third-order valence-electron chi connectivity index (χ3n) is 6.12. The number of nitrogens with zero attached hydrogens (tertiary/aromatic N) is 3. The Bertz CT molecular complexity index is 1110. The normalized spacial score (nSPS) is 21.0. The fourth-order valence-corrected chi connectivity index (χ4v) is 4.66. The number of halogens is 1. The lowest BCUT2D eigenvalue weighted by Gasteiger charge is -2.18. The molecule has 6 heteroatoms. The first-order chi connectivity index (χ1) is 14.1. The molecule has 0 bridgehead atoms. The van der Waals surface area contributed by atoms with Crippen LogP contribution in [0.5, 0.6) is 0 Å². The molecule has 2 fully saturated rings. The molecular formula is C23H20FN3O2. The Hall–Kier alpha value is -3.15. The Morgan fingerprint density at radius 1 is 1.10 bits per heavy atom. The van der Waals surface area contributed by atoms with Crippen LogP contribution in [0.4, 0.5) is 4.39 Å². The lowest BCUT2D eigenvalue weighted by molar-refractivity contribution is -0.117. The number of carbonyl (C=O) groups is 2. The van der Waals surface area contributed by atoms with E-state index in [9.17, 15) is 14.0 Å². The molecule has 2 aromatic carbocycles. The SMILES string of the molecule is O=C1C[C@@H]2CN(C(=O)c3cc(Cc4nncc5ccccc45)ccc3F)C[C@@H]2C1. The van der Waals surface area contributed by atoms with Crippen molar-refractivity contribution in [3.8, 4) is 0 Å². The van der Waals surface area contributed by atoms with Crippen LogP contribution in [0.25, 0.3) is 10.8 Å². The first-order valence-electron chi connectivity index (χ1n) is 9.87.